The van der Waals surface area contributed by atoms with Crippen molar-refractivity contribution in [1.29, 1.82) is 0 Å². The summed E-state index contributed by atoms with van der Waals surface area (Å²) >= 11 is 0. The highest BCUT2D eigenvalue weighted by Crippen LogP contribution is 2.08. The molecule has 0 saturated carbocycles. The second kappa shape index (κ2) is 4.74. The molecule has 3 heteroatoms. The first-order chi connectivity index (χ1) is 5.86. The number of benzene rings is 1. The fourth-order valence-corrected chi connectivity index (χ4v) is 0.944. The van der Waals surface area contributed by atoms with Crippen molar-refractivity contribution in [3.8, 4) is 0 Å². The molecule has 1 aromatic carbocycles. The van der Waals surface area contributed by atoms with E-state index >= 15 is 0 Å². The Morgan fingerprint density at radius 2 is 2.00 bits per heavy atom. The minimum atomic E-state index is 0.272. The van der Waals surface area contributed by atoms with Crippen molar-refractivity contribution in [3.63, 3.8) is 0 Å². The number of anilines is 1. The van der Waals surface area contributed by atoms with Crippen molar-refractivity contribution in [2.75, 3.05) is 19.1 Å². The largest absolute Gasteiger partial charge is 0.388 e. The lowest BCUT2D eigenvalue weighted by Gasteiger charge is -2.03. The molecule has 3 N–H and O–H groups in total. The smallest absolute Gasteiger partial charge is 0.0944 e. The average Bonchev–Trinajstić information content (AvgIpc) is 2.15. The minimum Gasteiger partial charge on any atom is -0.388 e. The number of ether oxygens (including phenoxy) is 1. The predicted octanol–water partition coefficient (Wildman–Crippen LogP) is 1.16. The Labute approximate surface area is 72.5 Å². The molecule has 12 heavy (non-hydrogen) atoms. The summed E-state index contributed by atoms with van der Waals surface area (Å²) in [6.07, 6.45) is 0. The maximum atomic E-state index is 5.20. The van der Waals surface area contributed by atoms with Crippen molar-refractivity contribution < 1.29 is 4.74 Å². The Hall–Kier alpha value is -1.06. The molecule has 0 radical (unpaired) electrons. The Balaban J connectivity index is 2.53. The van der Waals surface area contributed by atoms with Crippen molar-refractivity contribution in [2.45, 2.75) is 6.61 Å². The normalized spacial score (nSPS) is 9.83. The average molecular weight is 166 g/mol. The highest BCUT2D eigenvalue weighted by molar-refractivity contribution is 5.43. The number of nitrogens with two attached hydrogens (primary N) is 1. The van der Waals surface area contributed by atoms with Gasteiger partial charge in [-0.25, -0.2) is 0 Å². The van der Waals surface area contributed by atoms with Crippen LogP contribution < -0.4 is 11.1 Å². The first-order valence-electron chi connectivity index (χ1n) is 3.91. The van der Waals surface area contributed by atoms with Gasteiger partial charge in [0.2, 0.25) is 0 Å². The summed E-state index contributed by atoms with van der Waals surface area (Å²) in [6, 6.07) is 8.05. The molecule has 66 valence electrons. The molecule has 3 nitrogen and oxygen atoms in total. The van der Waals surface area contributed by atoms with E-state index < -0.39 is 0 Å². The van der Waals surface area contributed by atoms with Crippen LogP contribution in [0.4, 0.5) is 5.69 Å². The highest BCUT2D eigenvalue weighted by atomic mass is 16.5. The third-order valence-electron chi connectivity index (χ3n) is 1.63. The Kier molecular flexibility index (Phi) is 3.57. The Morgan fingerprint density at radius 3 is 2.50 bits per heavy atom. The van der Waals surface area contributed by atoms with Gasteiger partial charge in [0.1, 0.15) is 0 Å². The van der Waals surface area contributed by atoms with E-state index in [1.165, 1.54) is 0 Å². The van der Waals surface area contributed by atoms with Gasteiger partial charge in [0.05, 0.1) is 13.3 Å². The second-order valence-corrected chi connectivity index (χ2v) is 2.46. The summed E-state index contributed by atoms with van der Waals surface area (Å²) in [6.45, 7) is 0.855. The van der Waals surface area contributed by atoms with Gasteiger partial charge in [-0.2, -0.15) is 0 Å². The monoisotopic (exact) mass is 166 g/mol. The first-order valence-corrected chi connectivity index (χ1v) is 3.91. The van der Waals surface area contributed by atoms with Crippen LogP contribution >= 0.6 is 0 Å². The van der Waals surface area contributed by atoms with Crippen LogP contribution in [-0.2, 0) is 11.3 Å². The number of hydrogen-bond donors (Lipinski definition) is 2. The first kappa shape index (κ1) is 9.03. The van der Waals surface area contributed by atoms with Crippen molar-refractivity contribution in [2.24, 2.45) is 5.73 Å². The third kappa shape index (κ3) is 2.53. The van der Waals surface area contributed by atoms with E-state index in [0.717, 1.165) is 11.3 Å². The zero-order valence-corrected chi connectivity index (χ0v) is 7.21. The maximum Gasteiger partial charge on any atom is 0.0944 e. The van der Waals surface area contributed by atoms with E-state index in [2.05, 4.69) is 5.32 Å². The molecule has 0 aliphatic rings. The van der Waals surface area contributed by atoms with Gasteiger partial charge in [0.25, 0.3) is 0 Å². The molecule has 0 heterocycles. The summed E-state index contributed by atoms with van der Waals surface area (Å²) in [5.41, 5.74) is 7.44. The van der Waals surface area contributed by atoms with Crippen LogP contribution in [0.2, 0.25) is 0 Å². The lowest BCUT2D eigenvalue weighted by molar-refractivity contribution is 0.127. The van der Waals surface area contributed by atoms with E-state index in [4.69, 9.17) is 10.5 Å². The van der Waals surface area contributed by atoms with Crippen molar-refractivity contribution in [3.05, 3.63) is 29.8 Å². The zero-order valence-electron chi connectivity index (χ0n) is 7.21. The standard InChI is InChI=1S/C9H14N2O/c1-11-9-4-2-8(3-5-9)6-12-7-10/h2-5,11H,6-7,10H2,1H3. The summed E-state index contributed by atoms with van der Waals surface area (Å²) < 4.78 is 5.05. The predicted molar refractivity (Wildman–Crippen MR) is 49.8 cm³/mol. The van der Waals surface area contributed by atoms with E-state index in [9.17, 15) is 0 Å². The molecule has 1 aromatic rings. The van der Waals surface area contributed by atoms with E-state index in [0.29, 0.717) is 6.61 Å². The molecule has 0 aromatic heterocycles. The maximum absolute atomic E-state index is 5.20. The van der Waals surface area contributed by atoms with Crippen LogP contribution in [0.3, 0.4) is 0 Å². The minimum absolute atomic E-state index is 0.272. The van der Waals surface area contributed by atoms with Crippen molar-refractivity contribution in [1.82, 2.24) is 0 Å². The summed E-state index contributed by atoms with van der Waals surface area (Å²) in [5.74, 6) is 0. The molecule has 0 bridgehead atoms. The van der Waals surface area contributed by atoms with Gasteiger partial charge in [0.15, 0.2) is 0 Å². The molecule has 1 rings (SSSR count). The van der Waals surface area contributed by atoms with Crippen LogP contribution in [0.1, 0.15) is 5.56 Å². The van der Waals surface area contributed by atoms with Crippen LogP contribution in [0.15, 0.2) is 24.3 Å². The van der Waals surface area contributed by atoms with E-state index in [1.54, 1.807) is 0 Å². The SMILES string of the molecule is CNc1ccc(COCN)cc1. The highest BCUT2D eigenvalue weighted by Gasteiger charge is 1.91. The van der Waals surface area contributed by atoms with Crippen LogP contribution in [0, 0.1) is 0 Å². The summed E-state index contributed by atoms with van der Waals surface area (Å²) in [5, 5.41) is 3.04. The fraction of sp³-hybridized carbons (Fsp3) is 0.333. The molecule has 0 spiro atoms. The molecule has 0 unspecified atom stereocenters. The molecule has 0 fully saturated rings. The van der Waals surface area contributed by atoms with Gasteiger partial charge in [-0.05, 0) is 17.7 Å². The van der Waals surface area contributed by atoms with Crippen molar-refractivity contribution >= 4 is 5.69 Å². The molecule has 0 amide bonds. The number of nitrogens with one attached hydrogen (secondary N) is 1. The van der Waals surface area contributed by atoms with Gasteiger partial charge in [-0.3, -0.25) is 0 Å². The lowest BCUT2D eigenvalue weighted by atomic mass is 10.2. The van der Waals surface area contributed by atoms with Gasteiger partial charge < -0.3 is 15.8 Å². The van der Waals surface area contributed by atoms with Gasteiger partial charge in [-0.15, -0.1) is 0 Å². The molecular formula is C9H14N2O. The molecule has 0 aliphatic carbocycles. The topological polar surface area (TPSA) is 47.3 Å². The summed E-state index contributed by atoms with van der Waals surface area (Å²) in [7, 11) is 1.89. The Bertz CT molecular complexity index is 220. The third-order valence-corrected chi connectivity index (χ3v) is 1.63. The Morgan fingerprint density at radius 1 is 1.33 bits per heavy atom. The quantitative estimate of drug-likeness (QED) is 0.660. The molecule has 0 atom stereocenters. The summed E-state index contributed by atoms with van der Waals surface area (Å²) in [4.78, 5) is 0. The van der Waals surface area contributed by atoms with Crippen LogP contribution in [0.5, 0.6) is 0 Å². The fourth-order valence-electron chi connectivity index (χ4n) is 0.944. The molecule has 0 saturated heterocycles. The van der Waals surface area contributed by atoms with Crippen LogP contribution in [-0.4, -0.2) is 13.8 Å². The zero-order chi connectivity index (χ0) is 8.81. The molecule has 0 aliphatic heterocycles. The van der Waals surface area contributed by atoms with Crippen LogP contribution in [0.25, 0.3) is 0 Å². The second-order valence-electron chi connectivity index (χ2n) is 2.46. The van der Waals surface area contributed by atoms with Gasteiger partial charge in [-0.1, -0.05) is 12.1 Å². The lowest BCUT2D eigenvalue weighted by Crippen LogP contribution is -2.04. The van der Waals surface area contributed by atoms with Gasteiger partial charge in [0, 0.05) is 12.7 Å². The number of hydrogen-bond acceptors (Lipinski definition) is 3. The van der Waals surface area contributed by atoms with E-state index in [-0.39, 0.29) is 6.73 Å². The number of rotatable bonds is 4. The van der Waals surface area contributed by atoms with Gasteiger partial charge >= 0.3 is 0 Å². The van der Waals surface area contributed by atoms with E-state index in [1.807, 2.05) is 31.3 Å². The molecular weight excluding hydrogens is 152 g/mol.